The van der Waals surface area contributed by atoms with Crippen molar-refractivity contribution in [1.82, 2.24) is 9.88 Å². The van der Waals surface area contributed by atoms with Crippen LogP contribution in [0.3, 0.4) is 0 Å². The molecule has 0 spiro atoms. The van der Waals surface area contributed by atoms with Gasteiger partial charge in [0.15, 0.2) is 11.5 Å². The van der Waals surface area contributed by atoms with Crippen LogP contribution in [0, 0.1) is 17.1 Å². The molecule has 1 aromatic heterocycles. The lowest BCUT2D eigenvalue weighted by molar-refractivity contribution is -0.132. The van der Waals surface area contributed by atoms with E-state index in [2.05, 4.69) is 4.98 Å². The van der Waals surface area contributed by atoms with Gasteiger partial charge >= 0.3 is 0 Å². The maximum atomic E-state index is 15.0. The normalized spacial score (nSPS) is 12.9. The maximum absolute atomic E-state index is 15.0. The van der Waals surface area contributed by atoms with Gasteiger partial charge in [-0.15, -0.1) is 0 Å². The average molecular weight is 398 g/mol. The predicted octanol–water partition coefficient (Wildman–Crippen LogP) is 3.04. The van der Waals surface area contributed by atoms with E-state index >= 15 is 4.39 Å². The average Bonchev–Trinajstić information content (AvgIpc) is 2.72. The zero-order valence-electron chi connectivity index (χ0n) is 16.7. The highest BCUT2D eigenvalue weighted by Crippen LogP contribution is 2.40. The summed E-state index contributed by atoms with van der Waals surface area (Å²) in [7, 11) is 2.87. The molecule has 1 amide bonds. The molecule has 29 heavy (non-hydrogen) atoms. The number of methoxy groups -OCH3 is 2. The molecule has 3 rings (SSSR count). The molecule has 152 valence electrons. The topological polar surface area (TPSA) is 101 Å². The van der Waals surface area contributed by atoms with Gasteiger partial charge < -0.3 is 20.1 Å². The summed E-state index contributed by atoms with van der Waals surface area (Å²) < 4.78 is 25.5. The second-order valence-electron chi connectivity index (χ2n) is 6.79. The minimum atomic E-state index is -0.580. The van der Waals surface area contributed by atoms with Crippen LogP contribution in [0.2, 0.25) is 0 Å². The van der Waals surface area contributed by atoms with E-state index in [1.165, 1.54) is 26.4 Å². The van der Waals surface area contributed by atoms with Crippen molar-refractivity contribution in [2.75, 3.05) is 26.5 Å². The third kappa shape index (κ3) is 3.68. The van der Waals surface area contributed by atoms with E-state index in [4.69, 9.17) is 15.2 Å². The lowest BCUT2D eigenvalue weighted by atomic mass is 9.90. The van der Waals surface area contributed by atoms with Gasteiger partial charge in [0.05, 0.1) is 19.9 Å². The van der Waals surface area contributed by atoms with E-state index < -0.39 is 5.82 Å². The van der Waals surface area contributed by atoms with Crippen molar-refractivity contribution < 1.29 is 18.7 Å². The number of fused-ring (bicyclic) bond motifs is 1. The molecule has 0 aliphatic carbocycles. The number of hydrogen-bond donors (Lipinski definition) is 1. The van der Waals surface area contributed by atoms with Gasteiger partial charge in [0.1, 0.15) is 23.3 Å². The molecule has 7 nitrogen and oxygen atoms in total. The fraction of sp³-hybridized carbons (Fsp3) is 0.381. The van der Waals surface area contributed by atoms with Crippen LogP contribution in [0.15, 0.2) is 12.1 Å². The first-order valence-electron chi connectivity index (χ1n) is 9.36. The number of halogens is 1. The van der Waals surface area contributed by atoms with Crippen LogP contribution in [0.5, 0.6) is 11.5 Å². The van der Waals surface area contributed by atoms with Crippen LogP contribution in [0.4, 0.5) is 10.2 Å². The molecular weight excluding hydrogens is 375 g/mol. The van der Waals surface area contributed by atoms with E-state index in [9.17, 15) is 10.1 Å². The highest BCUT2D eigenvalue weighted by atomic mass is 19.1. The summed E-state index contributed by atoms with van der Waals surface area (Å²) in [4.78, 5) is 18.5. The molecule has 0 bridgehead atoms. The molecule has 1 aliphatic rings. The highest BCUT2D eigenvalue weighted by Gasteiger charge is 2.29. The monoisotopic (exact) mass is 398 g/mol. The number of nitrogens with two attached hydrogens (primary N) is 1. The molecule has 0 atom stereocenters. The molecule has 1 aliphatic heterocycles. The first-order valence-corrected chi connectivity index (χ1v) is 9.36. The van der Waals surface area contributed by atoms with E-state index in [1.807, 2.05) is 13.0 Å². The summed E-state index contributed by atoms with van der Waals surface area (Å²) in [5.74, 6) is 0.0505. The summed E-state index contributed by atoms with van der Waals surface area (Å²) in [6.45, 7) is 2.70. The Morgan fingerprint density at radius 2 is 2.03 bits per heavy atom. The Morgan fingerprint density at radius 1 is 1.34 bits per heavy atom. The summed E-state index contributed by atoms with van der Waals surface area (Å²) in [5, 5.41) is 9.71. The largest absolute Gasteiger partial charge is 0.493 e. The number of carbonyl (C=O) groups is 1. The Bertz CT molecular complexity index is 1000. The number of nitriles is 1. The smallest absolute Gasteiger partial charge is 0.222 e. The minimum Gasteiger partial charge on any atom is -0.493 e. The molecule has 2 heterocycles. The molecule has 0 radical (unpaired) electrons. The van der Waals surface area contributed by atoms with Crippen LogP contribution in [-0.4, -0.2) is 36.6 Å². The predicted molar refractivity (Wildman–Crippen MR) is 106 cm³/mol. The quantitative estimate of drug-likeness (QED) is 0.831. The zero-order chi connectivity index (χ0) is 21.1. The fourth-order valence-corrected chi connectivity index (χ4v) is 3.62. The third-order valence-corrected chi connectivity index (χ3v) is 5.05. The number of aromatic nitrogens is 1. The Balaban J connectivity index is 2.23. The van der Waals surface area contributed by atoms with Gasteiger partial charge in [0.2, 0.25) is 5.91 Å². The van der Waals surface area contributed by atoms with Crippen LogP contribution in [0.1, 0.15) is 36.6 Å². The summed E-state index contributed by atoms with van der Waals surface area (Å²) in [5.41, 5.74) is 7.92. The standard InChI is InChI=1S/C21H23FN4O3/c1-4-5-19(27)26-7-6-16-14(11-26)20(13(10-23)21(24)25-16)12-8-17(28-2)18(29-3)9-15(12)22/h8-9H,4-7,11H2,1-3H3,(H2,24,25). The Labute approximate surface area is 168 Å². The van der Waals surface area contributed by atoms with E-state index in [1.54, 1.807) is 4.90 Å². The Hall–Kier alpha value is -3.34. The Kier molecular flexibility index (Phi) is 5.87. The van der Waals surface area contributed by atoms with Gasteiger partial charge in [0.25, 0.3) is 0 Å². The third-order valence-electron chi connectivity index (χ3n) is 5.05. The number of pyridine rings is 1. The van der Waals surface area contributed by atoms with Gasteiger partial charge in [-0.25, -0.2) is 9.37 Å². The molecule has 0 fully saturated rings. The van der Waals surface area contributed by atoms with Crippen LogP contribution < -0.4 is 15.2 Å². The number of carbonyl (C=O) groups excluding carboxylic acids is 1. The minimum absolute atomic E-state index is 0.0206. The molecular formula is C21H23FN4O3. The van der Waals surface area contributed by atoms with Crippen molar-refractivity contribution in [1.29, 1.82) is 5.26 Å². The second kappa shape index (κ2) is 8.35. The molecule has 0 unspecified atom stereocenters. The Morgan fingerprint density at radius 3 is 2.66 bits per heavy atom. The van der Waals surface area contributed by atoms with E-state index in [0.29, 0.717) is 42.0 Å². The van der Waals surface area contributed by atoms with Crippen LogP contribution in [0.25, 0.3) is 11.1 Å². The number of nitrogens with zero attached hydrogens (tertiary/aromatic N) is 3. The summed E-state index contributed by atoms with van der Waals surface area (Å²) in [6, 6.07) is 4.74. The highest BCUT2D eigenvalue weighted by molar-refractivity contribution is 5.82. The second-order valence-corrected chi connectivity index (χ2v) is 6.79. The van der Waals surface area contributed by atoms with Crippen molar-refractivity contribution in [2.24, 2.45) is 0 Å². The summed E-state index contributed by atoms with van der Waals surface area (Å²) >= 11 is 0. The summed E-state index contributed by atoms with van der Waals surface area (Å²) in [6.07, 6.45) is 1.66. The molecule has 2 aromatic rings. The molecule has 2 N–H and O–H groups in total. The fourth-order valence-electron chi connectivity index (χ4n) is 3.62. The molecule has 0 saturated carbocycles. The van der Waals surface area contributed by atoms with Gasteiger partial charge in [-0.05, 0) is 12.5 Å². The zero-order valence-corrected chi connectivity index (χ0v) is 16.7. The molecule has 8 heteroatoms. The number of anilines is 1. The first-order chi connectivity index (χ1) is 13.9. The van der Waals surface area contributed by atoms with Crippen molar-refractivity contribution >= 4 is 11.7 Å². The van der Waals surface area contributed by atoms with Crippen molar-refractivity contribution in [3.63, 3.8) is 0 Å². The number of hydrogen-bond acceptors (Lipinski definition) is 6. The van der Waals surface area contributed by atoms with Crippen molar-refractivity contribution in [2.45, 2.75) is 32.7 Å². The van der Waals surface area contributed by atoms with Gasteiger partial charge in [-0.2, -0.15) is 5.26 Å². The van der Waals surface area contributed by atoms with Gasteiger partial charge in [-0.3, -0.25) is 4.79 Å². The van der Waals surface area contributed by atoms with Crippen molar-refractivity contribution in [3.05, 3.63) is 34.8 Å². The number of rotatable bonds is 5. The SMILES string of the molecule is CCCC(=O)N1CCc2nc(N)c(C#N)c(-c3cc(OC)c(OC)cc3F)c2C1. The van der Waals surface area contributed by atoms with Gasteiger partial charge in [0, 0.05) is 48.7 Å². The van der Waals surface area contributed by atoms with Gasteiger partial charge in [-0.1, -0.05) is 6.92 Å². The van der Waals surface area contributed by atoms with Crippen LogP contribution in [-0.2, 0) is 17.8 Å². The maximum Gasteiger partial charge on any atom is 0.222 e. The lowest BCUT2D eigenvalue weighted by Crippen LogP contribution is -2.36. The lowest BCUT2D eigenvalue weighted by Gasteiger charge is -2.30. The molecule has 0 saturated heterocycles. The van der Waals surface area contributed by atoms with E-state index in [0.717, 1.165) is 6.42 Å². The van der Waals surface area contributed by atoms with E-state index in [-0.39, 0.29) is 35.1 Å². The number of nitrogen functional groups attached to an aromatic ring is 1. The number of ether oxygens (including phenoxy) is 2. The number of amides is 1. The molecule has 1 aromatic carbocycles. The van der Waals surface area contributed by atoms with Crippen LogP contribution >= 0.6 is 0 Å². The number of benzene rings is 1. The first kappa shape index (κ1) is 20.4. The van der Waals surface area contributed by atoms with Crippen molar-refractivity contribution in [3.8, 4) is 28.7 Å².